The minimum atomic E-state index is 0.283. The number of benzene rings is 6. The summed E-state index contributed by atoms with van der Waals surface area (Å²) in [6.45, 7) is 4.83. The normalized spacial score (nSPS) is 21.7. The molecule has 2 aliphatic rings. The van der Waals surface area contributed by atoms with Crippen molar-refractivity contribution in [2.45, 2.75) is 57.8 Å². The first-order valence-electron chi connectivity index (χ1n) is 18.2. The van der Waals surface area contributed by atoms with Crippen LogP contribution < -0.4 is 0 Å². The molecule has 6 aromatic carbocycles. The lowest BCUT2D eigenvalue weighted by molar-refractivity contribution is 0.0702. The molecular formula is C46H40N4. The monoisotopic (exact) mass is 648 g/mol. The second-order valence-corrected chi connectivity index (χ2v) is 15.0. The molecule has 2 bridgehead atoms. The summed E-state index contributed by atoms with van der Waals surface area (Å²) in [6, 6.07) is 42.7. The van der Waals surface area contributed by atoms with Gasteiger partial charge in [-0.2, -0.15) is 5.26 Å². The van der Waals surface area contributed by atoms with Gasteiger partial charge in [0.05, 0.1) is 11.6 Å². The van der Waals surface area contributed by atoms with Gasteiger partial charge in [0.25, 0.3) is 0 Å². The highest BCUT2D eigenvalue weighted by atomic mass is 15.0. The van der Waals surface area contributed by atoms with Crippen LogP contribution in [-0.4, -0.2) is 15.0 Å². The highest BCUT2D eigenvalue weighted by molar-refractivity contribution is 6.26. The van der Waals surface area contributed by atoms with E-state index in [1.165, 1.54) is 44.1 Å². The SMILES string of the molecule is CC[C@@H]1C[C@@H]2C[C@H](C)CC(c3ccc(-c4nc(-c5ccccc5)nc(-c5ccc6c(c5)c5ccccc5c5c(C#N)cccc65)n4)cc3)(C1)C2. The van der Waals surface area contributed by atoms with Crippen LogP contribution in [0.25, 0.3) is 66.5 Å². The molecule has 1 heterocycles. The Morgan fingerprint density at radius 3 is 1.96 bits per heavy atom. The highest BCUT2D eigenvalue weighted by Gasteiger charge is 2.45. The molecule has 0 saturated heterocycles. The first kappa shape index (κ1) is 30.6. The van der Waals surface area contributed by atoms with Gasteiger partial charge in [0.1, 0.15) is 0 Å². The lowest BCUT2D eigenvalue weighted by Gasteiger charge is -2.51. The molecule has 50 heavy (non-hydrogen) atoms. The third-order valence-corrected chi connectivity index (χ3v) is 11.7. The van der Waals surface area contributed by atoms with E-state index < -0.39 is 0 Å². The van der Waals surface area contributed by atoms with Gasteiger partial charge in [-0.3, -0.25) is 0 Å². The summed E-state index contributed by atoms with van der Waals surface area (Å²) < 4.78 is 0. The van der Waals surface area contributed by atoms with Gasteiger partial charge in [0.2, 0.25) is 0 Å². The summed E-state index contributed by atoms with van der Waals surface area (Å²) in [5.74, 6) is 4.45. The molecule has 4 nitrogen and oxygen atoms in total. The molecule has 2 aliphatic carbocycles. The van der Waals surface area contributed by atoms with E-state index in [2.05, 4.69) is 98.8 Å². The van der Waals surface area contributed by atoms with Crippen LogP contribution in [0.4, 0.5) is 0 Å². The Bertz CT molecular complexity index is 2410. The van der Waals surface area contributed by atoms with Gasteiger partial charge in [-0.15, -0.1) is 0 Å². The van der Waals surface area contributed by atoms with Crippen LogP contribution in [0.5, 0.6) is 0 Å². The summed E-state index contributed by atoms with van der Waals surface area (Å²) in [6.07, 6.45) is 7.98. The lowest BCUT2D eigenvalue weighted by Crippen LogP contribution is -2.42. The summed E-state index contributed by atoms with van der Waals surface area (Å²) in [4.78, 5) is 15.3. The maximum Gasteiger partial charge on any atom is 0.164 e. The van der Waals surface area contributed by atoms with Crippen molar-refractivity contribution >= 4 is 32.3 Å². The van der Waals surface area contributed by atoms with Gasteiger partial charge < -0.3 is 0 Å². The second-order valence-electron chi connectivity index (χ2n) is 15.0. The van der Waals surface area contributed by atoms with E-state index >= 15 is 0 Å². The third kappa shape index (κ3) is 5.15. The minimum Gasteiger partial charge on any atom is -0.208 e. The minimum absolute atomic E-state index is 0.283. The zero-order valence-corrected chi connectivity index (χ0v) is 28.7. The molecule has 0 amide bonds. The Morgan fingerprint density at radius 2 is 1.24 bits per heavy atom. The van der Waals surface area contributed by atoms with Crippen molar-refractivity contribution in [2.75, 3.05) is 0 Å². The largest absolute Gasteiger partial charge is 0.208 e. The van der Waals surface area contributed by atoms with Gasteiger partial charge in [-0.1, -0.05) is 123 Å². The summed E-state index contributed by atoms with van der Waals surface area (Å²) >= 11 is 0. The quantitative estimate of drug-likeness (QED) is 0.174. The number of aromatic nitrogens is 3. The van der Waals surface area contributed by atoms with Gasteiger partial charge in [0, 0.05) is 22.1 Å². The number of rotatable bonds is 5. The van der Waals surface area contributed by atoms with Gasteiger partial charge in [0.15, 0.2) is 17.5 Å². The molecular weight excluding hydrogens is 609 g/mol. The number of nitriles is 1. The van der Waals surface area contributed by atoms with Crippen LogP contribution >= 0.6 is 0 Å². The van der Waals surface area contributed by atoms with Crippen molar-refractivity contribution in [2.24, 2.45) is 17.8 Å². The average Bonchev–Trinajstić information content (AvgIpc) is 3.17. The Hall–Kier alpha value is -5.40. The first-order valence-corrected chi connectivity index (χ1v) is 18.2. The van der Waals surface area contributed by atoms with Crippen LogP contribution in [0.2, 0.25) is 0 Å². The van der Waals surface area contributed by atoms with Crippen molar-refractivity contribution in [3.05, 3.63) is 126 Å². The van der Waals surface area contributed by atoms with Crippen LogP contribution in [0.15, 0.2) is 115 Å². The van der Waals surface area contributed by atoms with E-state index in [4.69, 9.17) is 15.0 Å². The van der Waals surface area contributed by atoms with E-state index in [-0.39, 0.29) is 5.41 Å². The smallest absolute Gasteiger partial charge is 0.164 e. The molecule has 2 saturated carbocycles. The summed E-state index contributed by atoms with van der Waals surface area (Å²) in [5.41, 5.74) is 5.37. The molecule has 0 aliphatic heterocycles. The lowest BCUT2D eigenvalue weighted by atomic mass is 9.54. The second kappa shape index (κ2) is 12.2. The molecule has 9 rings (SSSR count). The molecule has 1 unspecified atom stereocenters. The fraction of sp³-hybridized carbons (Fsp3) is 0.261. The predicted molar refractivity (Wildman–Crippen MR) is 205 cm³/mol. The van der Waals surface area contributed by atoms with E-state index in [1.54, 1.807) is 0 Å². The van der Waals surface area contributed by atoms with Crippen molar-refractivity contribution in [3.63, 3.8) is 0 Å². The Balaban J connectivity index is 1.18. The molecule has 1 aromatic heterocycles. The fourth-order valence-electron chi connectivity index (χ4n) is 9.72. The maximum atomic E-state index is 9.98. The molecule has 2 fully saturated rings. The molecule has 0 spiro atoms. The van der Waals surface area contributed by atoms with Crippen LogP contribution in [0, 0.1) is 29.1 Å². The zero-order chi connectivity index (χ0) is 33.8. The first-order chi connectivity index (χ1) is 24.5. The Kier molecular flexibility index (Phi) is 7.46. The number of nitrogens with zero attached hydrogens (tertiary/aromatic N) is 4. The molecule has 4 atom stereocenters. The van der Waals surface area contributed by atoms with Crippen LogP contribution in [0.3, 0.4) is 0 Å². The fourth-order valence-corrected chi connectivity index (χ4v) is 9.72. The number of hydrogen-bond donors (Lipinski definition) is 0. The Morgan fingerprint density at radius 1 is 0.620 bits per heavy atom. The van der Waals surface area contributed by atoms with Gasteiger partial charge in [-0.25, -0.2) is 15.0 Å². The molecule has 0 radical (unpaired) electrons. The molecule has 4 heteroatoms. The van der Waals surface area contributed by atoms with E-state index in [0.29, 0.717) is 23.0 Å². The molecule has 244 valence electrons. The number of fused-ring (bicyclic) bond motifs is 8. The van der Waals surface area contributed by atoms with Crippen molar-refractivity contribution in [3.8, 4) is 40.2 Å². The highest BCUT2D eigenvalue weighted by Crippen LogP contribution is 2.54. The molecule has 0 N–H and O–H groups in total. The van der Waals surface area contributed by atoms with Crippen molar-refractivity contribution in [1.29, 1.82) is 5.26 Å². The number of hydrogen-bond acceptors (Lipinski definition) is 4. The van der Waals surface area contributed by atoms with Gasteiger partial charge >= 0.3 is 0 Å². The predicted octanol–water partition coefficient (Wildman–Crippen LogP) is 11.7. The standard InChI is InChI=1S/C46H40N4/c1-3-30-23-31-22-29(2)25-46(26-30,27-31)36-19-16-33(17-20-36)44-48-43(32-10-5-4-6-11-32)49-45(50-44)34-18-21-38-40-15-9-12-35(28-47)42(40)39-14-8-7-13-37(39)41(38)24-34/h4-21,24,29-31H,3,22-23,25-27H2,1-2H3/t29-,30+,31-,46?/m0/s1. The maximum absolute atomic E-state index is 9.98. The van der Waals surface area contributed by atoms with Gasteiger partial charge in [-0.05, 0) is 99.9 Å². The topological polar surface area (TPSA) is 62.5 Å². The molecule has 7 aromatic rings. The van der Waals surface area contributed by atoms with Crippen LogP contribution in [0.1, 0.15) is 63.5 Å². The third-order valence-electron chi connectivity index (χ3n) is 11.7. The van der Waals surface area contributed by atoms with Crippen LogP contribution in [-0.2, 0) is 5.41 Å². The average molecular weight is 649 g/mol. The van der Waals surface area contributed by atoms with Crippen molar-refractivity contribution in [1.82, 2.24) is 15.0 Å². The Labute approximate surface area is 293 Å². The van der Waals surface area contributed by atoms with E-state index in [9.17, 15) is 5.26 Å². The summed E-state index contributed by atoms with van der Waals surface area (Å²) in [7, 11) is 0. The van der Waals surface area contributed by atoms with E-state index in [1.807, 2.05) is 36.4 Å². The van der Waals surface area contributed by atoms with Crippen molar-refractivity contribution < 1.29 is 0 Å². The summed E-state index contributed by atoms with van der Waals surface area (Å²) in [5, 5.41) is 16.5. The zero-order valence-electron chi connectivity index (χ0n) is 28.7. The van der Waals surface area contributed by atoms with E-state index in [0.717, 1.165) is 66.8 Å².